The molecule has 2 unspecified atom stereocenters. The first-order valence-electron chi connectivity index (χ1n) is 5.15. The van der Waals surface area contributed by atoms with Crippen LogP contribution in [0.4, 0.5) is 0 Å². The van der Waals surface area contributed by atoms with E-state index in [0.717, 1.165) is 11.4 Å². The maximum Gasteiger partial charge on any atom is 0.0549 e. The summed E-state index contributed by atoms with van der Waals surface area (Å²) in [5.41, 5.74) is 6.98. The Labute approximate surface area is 96.4 Å². The zero-order valence-electron chi connectivity index (χ0n) is 9.24. The van der Waals surface area contributed by atoms with Crippen LogP contribution in [0, 0.1) is 0 Å². The van der Waals surface area contributed by atoms with E-state index in [9.17, 15) is 0 Å². The fourth-order valence-corrected chi connectivity index (χ4v) is 1.73. The molecule has 2 nitrogen and oxygen atoms in total. The predicted octanol–water partition coefficient (Wildman–Crippen LogP) is 2.81. The number of nitrogens with two attached hydrogens (primary N) is 1. The predicted molar refractivity (Wildman–Crippen MR) is 64.3 cm³/mol. The minimum Gasteiger partial charge on any atom is -0.382 e. The summed E-state index contributed by atoms with van der Waals surface area (Å²) in [6.07, 6.45) is 1.17. The Balaban J connectivity index is 2.69. The van der Waals surface area contributed by atoms with Crippen molar-refractivity contribution in [2.24, 2.45) is 5.73 Å². The van der Waals surface area contributed by atoms with E-state index in [2.05, 4.69) is 6.92 Å². The molecule has 0 fully saturated rings. The number of benzene rings is 1. The number of ether oxygens (including phenoxy) is 1. The topological polar surface area (TPSA) is 35.2 Å². The third-order valence-electron chi connectivity index (χ3n) is 2.64. The van der Waals surface area contributed by atoms with Crippen LogP contribution in [-0.4, -0.2) is 19.8 Å². The zero-order valence-corrected chi connectivity index (χ0v) is 10.00. The number of rotatable bonds is 5. The summed E-state index contributed by atoms with van der Waals surface area (Å²) >= 11 is 5.84. The van der Waals surface area contributed by atoms with Crippen LogP contribution in [0.15, 0.2) is 24.3 Å². The quantitative estimate of drug-likeness (QED) is 0.840. The molecule has 1 rings (SSSR count). The van der Waals surface area contributed by atoms with E-state index in [1.54, 1.807) is 7.11 Å². The third kappa shape index (κ3) is 3.82. The molecular formula is C12H18ClNO. The normalized spacial score (nSPS) is 14.9. The standard InChI is InChI=1S/C12H18ClNO/c1-9(15-2)7-11(8-14)10-3-5-12(13)6-4-10/h3-6,9,11H,7-8,14H2,1-2H3. The van der Waals surface area contributed by atoms with Gasteiger partial charge in [0.25, 0.3) is 0 Å². The van der Waals surface area contributed by atoms with Gasteiger partial charge in [-0.3, -0.25) is 0 Å². The molecule has 0 aliphatic heterocycles. The SMILES string of the molecule is COC(C)CC(CN)c1ccc(Cl)cc1. The van der Waals surface area contributed by atoms with Gasteiger partial charge < -0.3 is 10.5 Å². The molecule has 15 heavy (non-hydrogen) atoms. The van der Waals surface area contributed by atoms with Crippen molar-refractivity contribution in [3.63, 3.8) is 0 Å². The molecule has 0 aliphatic carbocycles. The van der Waals surface area contributed by atoms with Crippen molar-refractivity contribution in [2.75, 3.05) is 13.7 Å². The maximum atomic E-state index is 5.84. The van der Waals surface area contributed by atoms with Crippen molar-refractivity contribution in [1.82, 2.24) is 0 Å². The van der Waals surface area contributed by atoms with Gasteiger partial charge >= 0.3 is 0 Å². The van der Waals surface area contributed by atoms with Gasteiger partial charge in [0.2, 0.25) is 0 Å². The van der Waals surface area contributed by atoms with Gasteiger partial charge in [0.15, 0.2) is 0 Å². The van der Waals surface area contributed by atoms with E-state index < -0.39 is 0 Å². The number of hydrogen-bond acceptors (Lipinski definition) is 2. The molecule has 0 heterocycles. The van der Waals surface area contributed by atoms with Crippen LogP contribution in [0.5, 0.6) is 0 Å². The first-order chi connectivity index (χ1) is 7.17. The molecule has 3 heteroatoms. The molecule has 2 N–H and O–H groups in total. The fraction of sp³-hybridized carbons (Fsp3) is 0.500. The van der Waals surface area contributed by atoms with Crippen molar-refractivity contribution < 1.29 is 4.74 Å². The van der Waals surface area contributed by atoms with Gasteiger partial charge in [-0.05, 0) is 43.5 Å². The van der Waals surface area contributed by atoms with Gasteiger partial charge in [0.1, 0.15) is 0 Å². The lowest BCUT2D eigenvalue weighted by Gasteiger charge is -2.19. The Morgan fingerprint density at radius 3 is 2.40 bits per heavy atom. The lowest BCUT2D eigenvalue weighted by molar-refractivity contribution is 0.105. The second kappa shape index (κ2) is 6.11. The summed E-state index contributed by atoms with van der Waals surface area (Å²) in [6, 6.07) is 7.86. The van der Waals surface area contributed by atoms with Gasteiger partial charge in [-0.1, -0.05) is 23.7 Å². The Morgan fingerprint density at radius 2 is 1.93 bits per heavy atom. The van der Waals surface area contributed by atoms with Crippen LogP contribution in [0.25, 0.3) is 0 Å². The molecular weight excluding hydrogens is 210 g/mol. The molecule has 0 aliphatic rings. The van der Waals surface area contributed by atoms with Crippen LogP contribution >= 0.6 is 11.6 Å². The highest BCUT2D eigenvalue weighted by molar-refractivity contribution is 6.30. The Morgan fingerprint density at radius 1 is 1.33 bits per heavy atom. The molecule has 2 atom stereocenters. The van der Waals surface area contributed by atoms with Gasteiger partial charge in [-0.15, -0.1) is 0 Å². The molecule has 1 aromatic carbocycles. The van der Waals surface area contributed by atoms with Crippen LogP contribution in [0.1, 0.15) is 24.8 Å². The largest absolute Gasteiger partial charge is 0.382 e. The van der Waals surface area contributed by atoms with Crippen molar-refractivity contribution in [2.45, 2.75) is 25.4 Å². The van der Waals surface area contributed by atoms with E-state index in [0.29, 0.717) is 12.5 Å². The monoisotopic (exact) mass is 227 g/mol. The molecule has 0 radical (unpaired) electrons. The summed E-state index contributed by atoms with van der Waals surface area (Å²) < 4.78 is 5.25. The average Bonchev–Trinajstić information content (AvgIpc) is 2.27. The minimum absolute atomic E-state index is 0.231. The maximum absolute atomic E-state index is 5.84. The molecule has 84 valence electrons. The van der Waals surface area contributed by atoms with Crippen molar-refractivity contribution in [1.29, 1.82) is 0 Å². The summed E-state index contributed by atoms with van der Waals surface area (Å²) in [4.78, 5) is 0. The lowest BCUT2D eigenvalue weighted by Crippen LogP contribution is -2.18. The van der Waals surface area contributed by atoms with Crippen molar-refractivity contribution in [3.8, 4) is 0 Å². The molecule has 1 aromatic rings. The zero-order chi connectivity index (χ0) is 11.3. The number of hydrogen-bond donors (Lipinski definition) is 1. The summed E-state index contributed by atoms with van der Waals surface area (Å²) in [6.45, 7) is 2.69. The number of halogens is 1. The van der Waals surface area contributed by atoms with Crippen LogP contribution in [-0.2, 0) is 4.74 Å². The molecule has 0 aromatic heterocycles. The third-order valence-corrected chi connectivity index (χ3v) is 2.90. The van der Waals surface area contributed by atoms with E-state index in [1.807, 2.05) is 24.3 Å². The molecule has 0 bridgehead atoms. The highest BCUT2D eigenvalue weighted by Crippen LogP contribution is 2.22. The van der Waals surface area contributed by atoms with Gasteiger partial charge in [0, 0.05) is 12.1 Å². The smallest absolute Gasteiger partial charge is 0.0549 e. The van der Waals surface area contributed by atoms with E-state index in [-0.39, 0.29) is 6.10 Å². The molecule has 0 amide bonds. The van der Waals surface area contributed by atoms with Crippen molar-refractivity contribution >= 4 is 11.6 Å². The van der Waals surface area contributed by atoms with Gasteiger partial charge in [0.05, 0.1) is 6.10 Å². The van der Waals surface area contributed by atoms with E-state index in [1.165, 1.54) is 5.56 Å². The van der Waals surface area contributed by atoms with E-state index in [4.69, 9.17) is 22.1 Å². The second-order valence-electron chi connectivity index (χ2n) is 3.77. The summed E-state index contributed by atoms with van der Waals surface area (Å²) in [5.74, 6) is 0.345. The Bertz CT molecular complexity index is 286. The van der Waals surface area contributed by atoms with Crippen molar-refractivity contribution in [3.05, 3.63) is 34.9 Å². The minimum atomic E-state index is 0.231. The van der Waals surface area contributed by atoms with Gasteiger partial charge in [-0.25, -0.2) is 0 Å². The Kier molecular flexibility index (Phi) is 5.09. The van der Waals surface area contributed by atoms with Crippen LogP contribution < -0.4 is 5.73 Å². The Hall–Kier alpha value is -0.570. The average molecular weight is 228 g/mol. The van der Waals surface area contributed by atoms with Crippen LogP contribution in [0.2, 0.25) is 5.02 Å². The van der Waals surface area contributed by atoms with E-state index >= 15 is 0 Å². The highest BCUT2D eigenvalue weighted by Gasteiger charge is 2.13. The first-order valence-corrected chi connectivity index (χ1v) is 5.53. The molecule has 0 saturated carbocycles. The molecule has 0 saturated heterocycles. The second-order valence-corrected chi connectivity index (χ2v) is 4.20. The summed E-state index contributed by atoms with van der Waals surface area (Å²) in [7, 11) is 1.72. The summed E-state index contributed by atoms with van der Waals surface area (Å²) in [5, 5.41) is 0.759. The van der Waals surface area contributed by atoms with Gasteiger partial charge in [-0.2, -0.15) is 0 Å². The fourth-order valence-electron chi connectivity index (χ4n) is 1.60. The molecule has 0 spiro atoms. The van der Waals surface area contributed by atoms with Crippen LogP contribution in [0.3, 0.4) is 0 Å². The number of methoxy groups -OCH3 is 1. The lowest BCUT2D eigenvalue weighted by atomic mass is 9.94. The highest BCUT2D eigenvalue weighted by atomic mass is 35.5. The first kappa shape index (κ1) is 12.5.